The number of rotatable bonds is 4. The number of hydrogen-bond donors (Lipinski definition) is 4. The van der Waals surface area contributed by atoms with Gasteiger partial charge in [0.1, 0.15) is 0 Å². The van der Waals surface area contributed by atoms with Crippen molar-refractivity contribution < 1.29 is 27.6 Å². The number of primary amides is 2. The van der Waals surface area contributed by atoms with E-state index in [0.717, 1.165) is 0 Å². The van der Waals surface area contributed by atoms with Gasteiger partial charge in [0.15, 0.2) is 6.04 Å². The number of nitrogens with two attached hydrogens (primary N) is 2. The molecule has 0 aromatic heterocycles. The molecule has 1 aliphatic rings. The highest BCUT2D eigenvalue weighted by molar-refractivity contribution is 6.05. The number of amides is 4. The molecule has 0 heterocycles. The van der Waals surface area contributed by atoms with Crippen LogP contribution in [0.2, 0.25) is 0 Å². The Kier molecular flexibility index (Phi) is 5.39. The lowest BCUT2D eigenvalue weighted by molar-refractivity contribution is -0.183. The molecule has 0 aliphatic heterocycles. The fraction of sp³-hybridized carbons (Fsp3) is 0.727. The molecule has 0 radical (unpaired) electrons. The predicted octanol–water partition coefficient (Wildman–Crippen LogP) is -0.254. The minimum absolute atomic E-state index is 0.0223. The molecule has 120 valence electrons. The van der Waals surface area contributed by atoms with Gasteiger partial charge in [-0.25, -0.2) is 4.79 Å². The van der Waals surface area contributed by atoms with Crippen LogP contribution < -0.4 is 22.1 Å². The highest BCUT2D eigenvalue weighted by Crippen LogP contribution is 2.37. The Labute approximate surface area is 118 Å². The van der Waals surface area contributed by atoms with Crippen molar-refractivity contribution in [2.24, 2.45) is 17.4 Å². The van der Waals surface area contributed by atoms with Gasteiger partial charge in [-0.3, -0.25) is 9.59 Å². The summed E-state index contributed by atoms with van der Waals surface area (Å²) in [7, 11) is 0. The Bertz CT molecular complexity index is 413. The van der Waals surface area contributed by atoms with E-state index >= 15 is 0 Å². The van der Waals surface area contributed by atoms with Crippen molar-refractivity contribution in [2.45, 2.75) is 43.9 Å². The molecule has 6 N–H and O–H groups in total. The Balaban J connectivity index is 2.54. The van der Waals surface area contributed by atoms with Crippen LogP contribution in [-0.2, 0) is 9.59 Å². The monoisotopic (exact) mass is 310 g/mol. The van der Waals surface area contributed by atoms with Crippen LogP contribution in [0.5, 0.6) is 0 Å². The van der Waals surface area contributed by atoms with E-state index < -0.39 is 42.0 Å². The summed E-state index contributed by atoms with van der Waals surface area (Å²) >= 11 is 0. The largest absolute Gasteiger partial charge is 0.391 e. The lowest BCUT2D eigenvalue weighted by atomic mass is 9.85. The molecule has 1 saturated carbocycles. The maximum atomic E-state index is 12.6. The Morgan fingerprint density at radius 2 is 1.67 bits per heavy atom. The molecule has 21 heavy (non-hydrogen) atoms. The van der Waals surface area contributed by atoms with E-state index in [1.807, 2.05) is 5.32 Å². The molecule has 1 rings (SSSR count). The van der Waals surface area contributed by atoms with Gasteiger partial charge in [0.05, 0.1) is 5.92 Å². The maximum Gasteiger partial charge on any atom is 0.391 e. The van der Waals surface area contributed by atoms with Crippen molar-refractivity contribution in [1.82, 2.24) is 10.6 Å². The van der Waals surface area contributed by atoms with Crippen molar-refractivity contribution in [3.05, 3.63) is 0 Å². The number of nitrogens with one attached hydrogen (secondary N) is 2. The zero-order chi connectivity index (χ0) is 16.2. The van der Waals surface area contributed by atoms with Crippen molar-refractivity contribution in [1.29, 1.82) is 0 Å². The van der Waals surface area contributed by atoms with Crippen molar-refractivity contribution in [3.63, 3.8) is 0 Å². The SMILES string of the molecule is NC(=O)C(NC(=O)N[C@H]1CCC[C@H](C(F)(F)F)C1)C(N)=O. The van der Waals surface area contributed by atoms with Gasteiger partial charge in [0.2, 0.25) is 11.8 Å². The maximum absolute atomic E-state index is 12.6. The number of alkyl halides is 3. The molecule has 0 spiro atoms. The second kappa shape index (κ2) is 6.64. The van der Waals surface area contributed by atoms with E-state index in [0.29, 0.717) is 12.8 Å². The molecule has 0 aromatic carbocycles. The molecule has 0 aromatic rings. The van der Waals surface area contributed by atoms with E-state index in [1.165, 1.54) is 0 Å². The van der Waals surface area contributed by atoms with E-state index in [2.05, 4.69) is 5.32 Å². The van der Waals surface area contributed by atoms with Crippen LogP contribution in [0.4, 0.5) is 18.0 Å². The topological polar surface area (TPSA) is 127 Å². The summed E-state index contributed by atoms with van der Waals surface area (Å²) < 4.78 is 37.9. The van der Waals surface area contributed by atoms with Crippen LogP contribution in [0, 0.1) is 5.92 Å². The molecule has 2 atom stereocenters. The van der Waals surface area contributed by atoms with Gasteiger partial charge in [-0.1, -0.05) is 6.42 Å². The zero-order valence-electron chi connectivity index (χ0n) is 11.1. The minimum atomic E-state index is -4.31. The molecule has 0 saturated heterocycles. The molecule has 0 bridgehead atoms. The predicted molar refractivity (Wildman–Crippen MR) is 65.6 cm³/mol. The van der Waals surface area contributed by atoms with E-state index in [9.17, 15) is 27.6 Å². The number of carbonyl (C=O) groups excluding carboxylic acids is 3. The van der Waals surface area contributed by atoms with Crippen LogP contribution in [0.25, 0.3) is 0 Å². The third-order valence-electron chi connectivity index (χ3n) is 3.32. The smallest absolute Gasteiger partial charge is 0.367 e. The van der Waals surface area contributed by atoms with Crippen LogP contribution in [0.15, 0.2) is 0 Å². The summed E-state index contributed by atoms with van der Waals surface area (Å²) in [5, 5.41) is 4.23. The van der Waals surface area contributed by atoms with E-state index in [-0.39, 0.29) is 12.8 Å². The third kappa shape index (κ3) is 5.12. The minimum Gasteiger partial charge on any atom is -0.367 e. The van der Waals surface area contributed by atoms with Crippen molar-refractivity contribution in [3.8, 4) is 0 Å². The van der Waals surface area contributed by atoms with Crippen LogP contribution in [0.3, 0.4) is 0 Å². The normalized spacial score (nSPS) is 22.7. The highest BCUT2D eigenvalue weighted by atomic mass is 19.4. The molecule has 10 heteroatoms. The Morgan fingerprint density at radius 3 is 2.14 bits per heavy atom. The third-order valence-corrected chi connectivity index (χ3v) is 3.32. The first-order valence-corrected chi connectivity index (χ1v) is 6.33. The molecule has 4 amide bonds. The first-order chi connectivity index (χ1) is 9.61. The number of halogens is 3. The average Bonchev–Trinajstić information content (AvgIpc) is 2.34. The molecule has 1 aliphatic carbocycles. The lowest BCUT2D eigenvalue weighted by Crippen LogP contribution is -2.56. The van der Waals surface area contributed by atoms with E-state index in [1.54, 1.807) is 0 Å². The summed E-state index contributed by atoms with van der Waals surface area (Å²) in [6.45, 7) is 0. The number of urea groups is 1. The quantitative estimate of drug-likeness (QED) is 0.534. The highest BCUT2D eigenvalue weighted by Gasteiger charge is 2.42. The van der Waals surface area contributed by atoms with Gasteiger partial charge < -0.3 is 22.1 Å². The van der Waals surface area contributed by atoms with Crippen molar-refractivity contribution in [2.75, 3.05) is 0 Å². The standard InChI is InChI=1S/C11H17F3N4O3/c12-11(13,14)5-2-1-3-6(4-5)17-10(21)18-7(8(15)19)9(16)20/h5-7H,1-4H2,(H2,15,19)(H2,16,20)(H2,17,18,21)/t5-,6-/m0/s1. The van der Waals surface area contributed by atoms with Crippen LogP contribution in [0.1, 0.15) is 25.7 Å². The van der Waals surface area contributed by atoms with Gasteiger partial charge >= 0.3 is 12.2 Å². The fourth-order valence-electron chi connectivity index (χ4n) is 2.26. The van der Waals surface area contributed by atoms with E-state index in [4.69, 9.17) is 11.5 Å². The lowest BCUT2D eigenvalue weighted by Gasteiger charge is -2.31. The summed E-state index contributed by atoms with van der Waals surface area (Å²) in [6, 6.07) is -3.34. The zero-order valence-corrected chi connectivity index (χ0v) is 11.1. The molecule has 0 unspecified atom stereocenters. The summed E-state index contributed by atoms with van der Waals surface area (Å²) in [5.74, 6) is -3.76. The van der Waals surface area contributed by atoms with Crippen LogP contribution >= 0.6 is 0 Å². The van der Waals surface area contributed by atoms with Gasteiger partial charge in [-0.15, -0.1) is 0 Å². The first kappa shape index (κ1) is 17.1. The fourth-order valence-corrected chi connectivity index (χ4v) is 2.26. The Hall–Kier alpha value is -2.00. The Morgan fingerprint density at radius 1 is 1.10 bits per heavy atom. The average molecular weight is 310 g/mol. The molecular formula is C11H17F3N4O3. The van der Waals surface area contributed by atoms with Crippen LogP contribution in [-0.4, -0.2) is 36.1 Å². The second-order valence-electron chi connectivity index (χ2n) is 4.96. The summed E-state index contributed by atoms with van der Waals surface area (Å²) in [4.78, 5) is 33.3. The number of carbonyl (C=O) groups is 3. The van der Waals surface area contributed by atoms with Gasteiger partial charge in [0.25, 0.3) is 0 Å². The molecular weight excluding hydrogens is 293 g/mol. The summed E-state index contributed by atoms with van der Waals surface area (Å²) in [6.07, 6.45) is -3.81. The first-order valence-electron chi connectivity index (χ1n) is 6.33. The number of hydrogen-bond acceptors (Lipinski definition) is 3. The molecule has 7 nitrogen and oxygen atoms in total. The van der Waals surface area contributed by atoms with Crippen molar-refractivity contribution >= 4 is 17.8 Å². The van der Waals surface area contributed by atoms with Gasteiger partial charge in [-0.05, 0) is 19.3 Å². The van der Waals surface area contributed by atoms with Gasteiger partial charge in [0, 0.05) is 6.04 Å². The second-order valence-corrected chi connectivity index (χ2v) is 4.96. The molecule has 1 fully saturated rings. The summed E-state index contributed by atoms with van der Waals surface area (Å²) in [5.41, 5.74) is 9.73. The van der Waals surface area contributed by atoms with Gasteiger partial charge in [-0.2, -0.15) is 13.2 Å².